The summed E-state index contributed by atoms with van der Waals surface area (Å²) in [5, 5.41) is 32.9. The van der Waals surface area contributed by atoms with Crippen LogP contribution in [0.5, 0.6) is 17.2 Å². The molecule has 0 saturated carbocycles. The summed E-state index contributed by atoms with van der Waals surface area (Å²) in [7, 11) is 0. The predicted octanol–water partition coefficient (Wildman–Crippen LogP) is 15.2. The van der Waals surface area contributed by atoms with Crippen LogP contribution in [0.2, 0.25) is 0 Å². The minimum Gasteiger partial charge on any atom is -0.508 e. The molecule has 3 heteroatoms. The first-order valence-corrected chi connectivity index (χ1v) is 21.2. The summed E-state index contributed by atoms with van der Waals surface area (Å²) in [5.74, 6) is 0.862. The molecule has 0 aliphatic heterocycles. The van der Waals surface area contributed by atoms with Crippen molar-refractivity contribution < 1.29 is 15.3 Å². The van der Waals surface area contributed by atoms with Crippen LogP contribution in [0.15, 0.2) is 54.6 Å². The van der Waals surface area contributed by atoms with Gasteiger partial charge in [-0.15, -0.1) is 0 Å². The van der Waals surface area contributed by atoms with E-state index in [1.54, 1.807) is 0 Å². The van der Waals surface area contributed by atoms with E-state index in [1.807, 2.05) is 36.4 Å². The van der Waals surface area contributed by atoms with E-state index >= 15 is 0 Å². The lowest BCUT2D eigenvalue weighted by Gasteiger charge is -2.44. The number of benzene rings is 4. The Morgan fingerprint density at radius 3 is 0.684 bits per heavy atom. The Balaban J connectivity index is 2.43. The average Bonchev–Trinajstić information content (AvgIpc) is 3.01. The summed E-state index contributed by atoms with van der Waals surface area (Å²) in [4.78, 5) is 0. The quantitative estimate of drug-likeness (QED) is 0.183. The van der Waals surface area contributed by atoms with Crippen molar-refractivity contribution in [2.24, 2.45) is 16.2 Å². The van der Waals surface area contributed by atoms with Crippen LogP contribution in [0.3, 0.4) is 0 Å². The lowest BCUT2D eigenvalue weighted by molar-refractivity contribution is 0.336. The van der Waals surface area contributed by atoms with E-state index in [0.29, 0.717) is 17.2 Å². The van der Waals surface area contributed by atoms with Gasteiger partial charge in [-0.25, -0.2) is 0 Å². The van der Waals surface area contributed by atoms with Gasteiger partial charge in [0.15, 0.2) is 0 Å². The van der Waals surface area contributed by atoms with Gasteiger partial charge in [-0.2, -0.15) is 0 Å². The third-order valence-corrected chi connectivity index (χ3v) is 12.4. The maximum Gasteiger partial charge on any atom is 0.115 e. The Morgan fingerprint density at radius 1 is 0.333 bits per heavy atom. The lowest BCUT2D eigenvalue weighted by atomic mass is 9.60. The van der Waals surface area contributed by atoms with Crippen molar-refractivity contribution in [3.8, 4) is 17.2 Å². The molecule has 57 heavy (non-hydrogen) atoms. The molecule has 312 valence electrons. The Morgan fingerprint density at radius 2 is 0.526 bits per heavy atom. The number of rotatable bonds is 6. The smallest absolute Gasteiger partial charge is 0.115 e. The summed E-state index contributed by atoms with van der Waals surface area (Å²) in [6, 6.07) is 18.1. The monoisotopic (exact) mass is 775 g/mol. The van der Waals surface area contributed by atoms with Gasteiger partial charge < -0.3 is 15.3 Å². The minimum absolute atomic E-state index is 0.00419. The fraction of sp³-hybridized carbons (Fsp3) is 0.556. The van der Waals surface area contributed by atoms with Crippen LogP contribution in [-0.4, -0.2) is 15.3 Å². The van der Waals surface area contributed by atoms with E-state index in [1.165, 1.54) is 50.1 Å². The van der Waals surface area contributed by atoms with Crippen LogP contribution in [0.1, 0.15) is 209 Å². The molecule has 3 unspecified atom stereocenters. The van der Waals surface area contributed by atoms with Crippen LogP contribution in [0.4, 0.5) is 0 Å². The maximum absolute atomic E-state index is 11.0. The highest BCUT2D eigenvalue weighted by molar-refractivity contribution is 5.63. The van der Waals surface area contributed by atoms with E-state index < -0.39 is 0 Å². The molecule has 0 fully saturated rings. The van der Waals surface area contributed by atoms with Crippen LogP contribution >= 0.6 is 0 Å². The first-order chi connectivity index (χ1) is 25.6. The van der Waals surface area contributed by atoms with E-state index in [-0.39, 0.29) is 50.2 Å². The van der Waals surface area contributed by atoms with Crippen LogP contribution < -0.4 is 0 Å². The number of hydrogen-bond donors (Lipinski definition) is 3. The van der Waals surface area contributed by atoms with Gasteiger partial charge in [0.25, 0.3) is 0 Å². The first kappa shape index (κ1) is 46.0. The molecule has 0 heterocycles. The number of hydrogen-bond acceptors (Lipinski definition) is 3. The normalized spacial score (nSPS) is 15.1. The Hall–Kier alpha value is -3.72. The molecular weight excluding hydrogens is 697 g/mol. The molecule has 3 N–H and O–H groups in total. The van der Waals surface area contributed by atoms with E-state index in [0.717, 1.165) is 16.7 Å². The fourth-order valence-electron chi connectivity index (χ4n) is 10.1. The fourth-order valence-corrected chi connectivity index (χ4v) is 10.1. The second kappa shape index (κ2) is 15.1. The minimum atomic E-state index is -0.209. The molecule has 0 amide bonds. The van der Waals surface area contributed by atoms with Gasteiger partial charge in [0.2, 0.25) is 0 Å². The zero-order chi connectivity index (χ0) is 43.8. The number of phenols is 3. The van der Waals surface area contributed by atoms with Gasteiger partial charge in [0, 0.05) is 17.8 Å². The third-order valence-electron chi connectivity index (χ3n) is 12.4. The zero-order valence-corrected chi connectivity index (χ0v) is 39.8. The standard InChI is InChI=1S/C54H78O3/c1-31-43(46(52(13,14)15)37-25-22-34(55)28-40(37)49(4,5)6)32(2)45(48(54(19,20)21)39-27-24-36(57)30-42(39)51(10,11)12)33(3)44(31)47(53(16,17)18)38-26-23-35(56)29-41(38)50(7,8)9/h22-30,46-48,55-57H,1-21H3. The molecule has 0 saturated heterocycles. The average molecular weight is 775 g/mol. The summed E-state index contributed by atoms with van der Waals surface area (Å²) in [6.07, 6.45) is 0. The second-order valence-electron chi connectivity index (χ2n) is 23.6. The molecule has 0 bridgehead atoms. The van der Waals surface area contributed by atoms with Crippen molar-refractivity contribution in [1.29, 1.82) is 0 Å². The van der Waals surface area contributed by atoms with Crippen LogP contribution in [0, 0.1) is 37.0 Å². The number of aromatic hydroxyl groups is 3. The molecule has 4 aromatic rings. The van der Waals surface area contributed by atoms with Crippen molar-refractivity contribution in [2.45, 2.75) is 179 Å². The molecule has 0 aliphatic rings. The van der Waals surface area contributed by atoms with Gasteiger partial charge in [0.05, 0.1) is 0 Å². The number of phenolic OH excluding ortho intramolecular Hbond substituents is 3. The maximum atomic E-state index is 11.0. The summed E-state index contributed by atoms with van der Waals surface area (Å²) < 4.78 is 0. The van der Waals surface area contributed by atoms with Crippen LogP contribution in [0.25, 0.3) is 0 Å². The molecular formula is C54H78O3. The van der Waals surface area contributed by atoms with Crippen molar-refractivity contribution in [3.63, 3.8) is 0 Å². The van der Waals surface area contributed by atoms with Crippen molar-refractivity contribution >= 4 is 0 Å². The van der Waals surface area contributed by atoms with Crippen molar-refractivity contribution in [2.75, 3.05) is 0 Å². The van der Waals surface area contributed by atoms with Gasteiger partial charge in [-0.1, -0.05) is 143 Å². The molecule has 0 spiro atoms. The molecule has 4 rings (SSSR count). The van der Waals surface area contributed by atoms with Gasteiger partial charge in [0.1, 0.15) is 17.2 Å². The highest BCUT2D eigenvalue weighted by Gasteiger charge is 2.43. The molecule has 0 aliphatic carbocycles. The SMILES string of the molecule is Cc1c(C(c2ccc(O)cc2C(C)(C)C)C(C)(C)C)c(C)c(C(c2ccc(O)cc2C(C)(C)C)C(C)(C)C)c(C)c1C(c1ccc(O)cc1C(C)(C)C)C(C)(C)C. The summed E-state index contributed by atoms with van der Waals surface area (Å²) in [5.41, 5.74) is 14.0. The second-order valence-corrected chi connectivity index (χ2v) is 23.6. The predicted molar refractivity (Wildman–Crippen MR) is 245 cm³/mol. The van der Waals surface area contributed by atoms with Gasteiger partial charge in [-0.05, 0) is 156 Å². The van der Waals surface area contributed by atoms with E-state index in [9.17, 15) is 15.3 Å². The highest BCUT2D eigenvalue weighted by Crippen LogP contribution is 2.56. The third kappa shape index (κ3) is 9.29. The van der Waals surface area contributed by atoms with Gasteiger partial charge in [-0.3, -0.25) is 0 Å². The zero-order valence-electron chi connectivity index (χ0n) is 39.8. The van der Waals surface area contributed by atoms with Crippen LogP contribution in [-0.2, 0) is 16.2 Å². The topological polar surface area (TPSA) is 60.7 Å². The molecule has 0 radical (unpaired) electrons. The van der Waals surface area contributed by atoms with E-state index in [4.69, 9.17) is 0 Å². The molecule has 0 aromatic heterocycles. The Bertz CT molecular complexity index is 1840. The van der Waals surface area contributed by atoms with Crippen molar-refractivity contribution in [3.05, 3.63) is 121 Å². The Kier molecular flexibility index (Phi) is 12.2. The molecule has 3 nitrogen and oxygen atoms in total. The summed E-state index contributed by atoms with van der Waals surface area (Å²) in [6.45, 7) is 48.7. The summed E-state index contributed by atoms with van der Waals surface area (Å²) >= 11 is 0. The van der Waals surface area contributed by atoms with E-state index in [2.05, 4.69) is 164 Å². The van der Waals surface area contributed by atoms with Gasteiger partial charge >= 0.3 is 0 Å². The molecule has 3 atom stereocenters. The Labute approximate surface area is 348 Å². The first-order valence-electron chi connectivity index (χ1n) is 21.2. The van der Waals surface area contributed by atoms with Crippen molar-refractivity contribution in [1.82, 2.24) is 0 Å². The lowest BCUT2D eigenvalue weighted by Crippen LogP contribution is -2.31. The largest absolute Gasteiger partial charge is 0.508 e. The molecule has 4 aromatic carbocycles. The highest BCUT2D eigenvalue weighted by atomic mass is 16.3.